The van der Waals surface area contributed by atoms with E-state index in [0.29, 0.717) is 11.4 Å². The van der Waals surface area contributed by atoms with Crippen LogP contribution in [-0.4, -0.2) is 53.8 Å². The summed E-state index contributed by atoms with van der Waals surface area (Å²) < 4.78 is 0. The van der Waals surface area contributed by atoms with Crippen LogP contribution in [0.5, 0.6) is 0 Å². The van der Waals surface area contributed by atoms with Gasteiger partial charge in [0, 0.05) is 26.4 Å². The second kappa shape index (κ2) is 7.78. The highest BCUT2D eigenvalue weighted by atomic mass is 16.4. The summed E-state index contributed by atoms with van der Waals surface area (Å²) in [5.41, 5.74) is 1.17. The predicted octanol–water partition coefficient (Wildman–Crippen LogP) is 0.931. The highest BCUT2D eigenvalue weighted by Gasteiger charge is 2.27. The molecule has 0 saturated carbocycles. The number of carbonyl (C=O) groups excluding carboxylic acids is 3. The van der Waals surface area contributed by atoms with E-state index >= 15 is 0 Å². The maximum atomic E-state index is 12.4. The van der Waals surface area contributed by atoms with Gasteiger partial charge in [-0.05, 0) is 12.1 Å². The Morgan fingerprint density at radius 3 is 2.64 bits per heavy atom. The summed E-state index contributed by atoms with van der Waals surface area (Å²) in [6, 6.07) is 6.96. The van der Waals surface area contributed by atoms with Gasteiger partial charge >= 0.3 is 5.97 Å². The average molecular weight is 347 g/mol. The third-order valence-electron chi connectivity index (χ3n) is 4.02. The zero-order valence-electron chi connectivity index (χ0n) is 14.2. The maximum absolute atomic E-state index is 12.4. The molecule has 1 unspecified atom stereocenters. The van der Waals surface area contributed by atoms with Crippen molar-refractivity contribution in [2.45, 2.75) is 19.8 Å². The van der Waals surface area contributed by atoms with Crippen molar-refractivity contribution in [3.63, 3.8) is 0 Å². The van der Waals surface area contributed by atoms with Crippen LogP contribution < -0.4 is 10.2 Å². The Balaban J connectivity index is 1.95. The Kier molecular flexibility index (Phi) is 5.74. The van der Waals surface area contributed by atoms with Gasteiger partial charge in [-0.15, -0.1) is 0 Å². The summed E-state index contributed by atoms with van der Waals surface area (Å²) in [7, 11) is 1.51. The number of fused-ring (bicyclic) bond motifs is 1. The molecule has 8 heteroatoms. The van der Waals surface area contributed by atoms with Crippen molar-refractivity contribution in [2.75, 3.05) is 30.4 Å². The zero-order chi connectivity index (χ0) is 18.6. The molecule has 1 aromatic rings. The molecule has 0 fully saturated rings. The third kappa shape index (κ3) is 4.56. The van der Waals surface area contributed by atoms with Crippen LogP contribution in [0.15, 0.2) is 24.3 Å². The lowest BCUT2D eigenvalue weighted by atomic mass is 10.1. The van der Waals surface area contributed by atoms with Gasteiger partial charge in [0.05, 0.1) is 17.3 Å². The monoisotopic (exact) mass is 347 g/mol. The first kappa shape index (κ1) is 18.4. The van der Waals surface area contributed by atoms with E-state index in [4.69, 9.17) is 5.11 Å². The van der Waals surface area contributed by atoms with Crippen LogP contribution in [0, 0.1) is 5.92 Å². The fraction of sp³-hybridized carbons (Fsp3) is 0.412. The molecule has 0 bridgehead atoms. The van der Waals surface area contributed by atoms with Gasteiger partial charge in [0.2, 0.25) is 17.7 Å². The number of amides is 3. The van der Waals surface area contributed by atoms with E-state index in [1.54, 1.807) is 24.3 Å². The van der Waals surface area contributed by atoms with Gasteiger partial charge < -0.3 is 20.2 Å². The number of anilines is 2. The molecule has 0 spiro atoms. The molecule has 1 heterocycles. The van der Waals surface area contributed by atoms with Crippen molar-refractivity contribution in [3.8, 4) is 0 Å². The zero-order valence-corrected chi connectivity index (χ0v) is 14.2. The Morgan fingerprint density at radius 1 is 1.28 bits per heavy atom. The second-order valence-corrected chi connectivity index (χ2v) is 6.06. The molecular formula is C17H21N3O5. The number of rotatable bonds is 6. The highest BCUT2D eigenvalue weighted by Crippen LogP contribution is 2.29. The highest BCUT2D eigenvalue weighted by molar-refractivity contribution is 6.10. The third-order valence-corrected chi connectivity index (χ3v) is 4.02. The van der Waals surface area contributed by atoms with E-state index in [2.05, 4.69) is 5.32 Å². The van der Waals surface area contributed by atoms with E-state index in [0.717, 1.165) is 0 Å². The van der Waals surface area contributed by atoms with E-state index in [1.165, 1.54) is 23.8 Å². The lowest BCUT2D eigenvalue weighted by Gasteiger charge is -2.29. The average Bonchev–Trinajstić information content (AvgIpc) is 2.58. The van der Waals surface area contributed by atoms with Crippen molar-refractivity contribution in [1.29, 1.82) is 0 Å². The van der Waals surface area contributed by atoms with Crippen LogP contribution in [0.2, 0.25) is 0 Å². The molecule has 1 aliphatic heterocycles. The van der Waals surface area contributed by atoms with Crippen molar-refractivity contribution < 1.29 is 24.3 Å². The Morgan fingerprint density at radius 2 is 1.96 bits per heavy atom. The summed E-state index contributed by atoms with van der Waals surface area (Å²) in [6.45, 7) is 1.51. The van der Waals surface area contributed by atoms with Crippen LogP contribution in [0.3, 0.4) is 0 Å². The normalized spacial score (nSPS) is 14.3. The lowest BCUT2D eigenvalue weighted by Crippen LogP contribution is -2.42. The minimum atomic E-state index is -0.980. The first-order chi connectivity index (χ1) is 11.8. The number of aliphatic carboxylic acids is 1. The Hall–Kier alpha value is -2.90. The number of hydrogen-bond donors (Lipinski definition) is 2. The van der Waals surface area contributed by atoms with Crippen molar-refractivity contribution in [3.05, 3.63) is 24.3 Å². The van der Waals surface area contributed by atoms with Crippen LogP contribution in [-0.2, 0) is 19.2 Å². The molecule has 0 saturated heterocycles. The maximum Gasteiger partial charge on any atom is 0.308 e. The van der Waals surface area contributed by atoms with Crippen LogP contribution in [0.25, 0.3) is 0 Å². The number of carboxylic acids is 1. The number of nitrogens with zero attached hydrogens (tertiary/aromatic N) is 2. The van der Waals surface area contributed by atoms with E-state index in [1.807, 2.05) is 0 Å². The number of para-hydroxylation sites is 2. The van der Waals surface area contributed by atoms with Gasteiger partial charge in [-0.2, -0.15) is 0 Å². The van der Waals surface area contributed by atoms with Crippen LogP contribution in [0.4, 0.5) is 11.4 Å². The summed E-state index contributed by atoms with van der Waals surface area (Å²) >= 11 is 0. The fourth-order valence-electron chi connectivity index (χ4n) is 2.59. The smallest absolute Gasteiger partial charge is 0.308 e. The molecular weight excluding hydrogens is 326 g/mol. The number of nitrogens with one attached hydrogen (secondary N) is 1. The number of carbonyl (C=O) groups is 4. The van der Waals surface area contributed by atoms with Gasteiger partial charge in [0.15, 0.2) is 0 Å². The molecule has 0 aromatic heterocycles. The topological polar surface area (TPSA) is 107 Å². The quantitative estimate of drug-likeness (QED) is 0.796. The van der Waals surface area contributed by atoms with Gasteiger partial charge in [-0.1, -0.05) is 19.1 Å². The van der Waals surface area contributed by atoms with E-state index in [9.17, 15) is 19.2 Å². The Labute approximate surface area is 145 Å². The summed E-state index contributed by atoms with van der Waals surface area (Å²) in [6.07, 6.45) is -0.0891. The fourth-order valence-corrected chi connectivity index (χ4v) is 2.59. The van der Waals surface area contributed by atoms with E-state index < -0.39 is 11.9 Å². The van der Waals surface area contributed by atoms with Crippen LogP contribution in [0.1, 0.15) is 19.8 Å². The van der Waals surface area contributed by atoms with Gasteiger partial charge in [-0.25, -0.2) is 0 Å². The molecule has 0 aliphatic carbocycles. The second-order valence-electron chi connectivity index (χ2n) is 6.06. The Bertz CT molecular complexity index is 703. The van der Waals surface area contributed by atoms with Gasteiger partial charge in [-0.3, -0.25) is 19.2 Å². The predicted molar refractivity (Wildman–Crippen MR) is 91.1 cm³/mol. The molecule has 134 valence electrons. The minimum absolute atomic E-state index is 0.0397. The summed E-state index contributed by atoms with van der Waals surface area (Å²) in [5.74, 6) is -2.58. The van der Waals surface area contributed by atoms with Crippen molar-refractivity contribution in [2.24, 2.45) is 5.92 Å². The summed E-state index contributed by atoms with van der Waals surface area (Å²) in [4.78, 5) is 49.8. The van der Waals surface area contributed by atoms with Crippen molar-refractivity contribution >= 4 is 35.1 Å². The first-order valence-corrected chi connectivity index (χ1v) is 7.95. The molecule has 1 atom stereocenters. The molecule has 3 amide bonds. The van der Waals surface area contributed by atoms with Gasteiger partial charge in [0.25, 0.3) is 0 Å². The molecule has 25 heavy (non-hydrogen) atoms. The molecule has 8 nitrogen and oxygen atoms in total. The molecule has 2 rings (SSSR count). The first-order valence-electron chi connectivity index (χ1n) is 7.95. The summed E-state index contributed by atoms with van der Waals surface area (Å²) in [5, 5.41) is 11.6. The van der Waals surface area contributed by atoms with Gasteiger partial charge in [0.1, 0.15) is 6.54 Å². The minimum Gasteiger partial charge on any atom is -0.481 e. The molecule has 1 aliphatic rings. The molecule has 0 radical (unpaired) electrons. The number of hydrogen-bond acceptors (Lipinski definition) is 4. The molecule has 2 N–H and O–H groups in total. The largest absolute Gasteiger partial charge is 0.481 e. The lowest BCUT2D eigenvalue weighted by molar-refractivity contribution is -0.143. The number of carboxylic acid groups (broad SMARTS) is 1. The van der Waals surface area contributed by atoms with E-state index in [-0.39, 0.29) is 43.7 Å². The number of benzene rings is 1. The van der Waals surface area contributed by atoms with Crippen molar-refractivity contribution in [1.82, 2.24) is 4.90 Å². The standard InChI is InChI=1S/C17H21N3O5/c1-11(17(24)25)9-19(2)15(22)7-8-16(23)20-10-14(21)18-12-5-3-4-6-13(12)20/h3-6,11H,7-10H2,1-2H3,(H,18,21)(H,24,25). The molecule has 1 aromatic carbocycles. The SMILES string of the molecule is CC(CN(C)C(=O)CCC(=O)N1CC(=O)Nc2ccccc21)C(=O)O. The van der Waals surface area contributed by atoms with Crippen LogP contribution >= 0.6 is 0 Å².